The normalized spacial score (nSPS) is 15.3. The summed E-state index contributed by atoms with van der Waals surface area (Å²) in [5, 5.41) is 2.89. The minimum absolute atomic E-state index is 0.0691. The Morgan fingerprint density at radius 2 is 1.77 bits per heavy atom. The van der Waals surface area contributed by atoms with E-state index in [0.29, 0.717) is 62.2 Å². The Morgan fingerprint density at radius 1 is 1.07 bits per heavy atom. The summed E-state index contributed by atoms with van der Waals surface area (Å²) in [6.07, 6.45) is 1.48. The number of hydrogen-bond acceptors (Lipinski definition) is 7. The Balaban J connectivity index is 1.55. The number of para-hydroxylation sites is 3. The molecule has 11 heteroatoms. The van der Waals surface area contributed by atoms with E-state index in [1.807, 2.05) is 20.8 Å². The highest BCUT2D eigenvalue weighted by atomic mass is 19.3. The maximum atomic E-state index is 13.9. The number of amides is 2. The van der Waals surface area contributed by atoms with E-state index < -0.39 is 35.7 Å². The van der Waals surface area contributed by atoms with Crippen LogP contribution in [0.5, 0.6) is 5.75 Å². The van der Waals surface area contributed by atoms with Crippen LogP contribution in [0, 0.1) is 11.3 Å². The molecule has 1 fully saturated rings. The van der Waals surface area contributed by atoms with E-state index in [1.54, 1.807) is 47.4 Å². The summed E-state index contributed by atoms with van der Waals surface area (Å²) < 4.78 is 41.8. The van der Waals surface area contributed by atoms with Gasteiger partial charge >= 0.3 is 6.61 Å². The van der Waals surface area contributed by atoms with Crippen LogP contribution < -0.4 is 10.1 Å². The van der Waals surface area contributed by atoms with Crippen LogP contribution in [-0.4, -0.2) is 66.4 Å². The lowest BCUT2D eigenvalue weighted by Gasteiger charge is -2.32. The van der Waals surface area contributed by atoms with Gasteiger partial charge in [-0.15, -0.1) is 0 Å². The predicted molar refractivity (Wildman–Crippen MR) is 156 cm³/mol. The molecule has 1 N–H and O–H groups in total. The molecule has 0 unspecified atom stereocenters. The van der Waals surface area contributed by atoms with Crippen LogP contribution in [-0.2, 0) is 20.7 Å². The molecule has 2 amide bonds. The molecule has 0 spiro atoms. The van der Waals surface area contributed by atoms with Gasteiger partial charge in [0.2, 0.25) is 17.6 Å². The lowest BCUT2D eigenvalue weighted by Crippen LogP contribution is -2.47. The van der Waals surface area contributed by atoms with Crippen LogP contribution in [0.25, 0.3) is 11.1 Å². The van der Waals surface area contributed by atoms with Crippen LogP contribution in [0.2, 0.25) is 0 Å². The summed E-state index contributed by atoms with van der Waals surface area (Å²) in [6, 6.07) is 12.7. The Morgan fingerprint density at radius 3 is 2.47 bits per heavy atom. The van der Waals surface area contributed by atoms with Gasteiger partial charge in [0.05, 0.1) is 19.3 Å². The number of ether oxygens (including phenoxy) is 2. The number of aromatic nitrogens is 1. The number of halogens is 2. The van der Waals surface area contributed by atoms with E-state index in [-0.39, 0.29) is 30.4 Å². The quantitative estimate of drug-likeness (QED) is 0.246. The number of nitrogens with one attached hydrogen (secondary N) is 1. The molecule has 1 aliphatic rings. The molecule has 43 heavy (non-hydrogen) atoms. The largest absolute Gasteiger partial charge is 0.435 e. The van der Waals surface area contributed by atoms with Crippen LogP contribution in [0.4, 0.5) is 8.78 Å². The molecule has 0 aliphatic carbocycles. The number of hydrogen-bond donors (Lipinski definition) is 1. The molecule has 2 atom stereocenters. The van der Waals surface area contributed by atoms with Crippen molar-refractivity contribution in [3.63, 3.8) is 0 Å². The van der Waals surface area contributed by atoms with Gasteiger partial charge < -0.3 is 24.1 Å². The fourth-order valence-corrected chi connectivity index (χ4v) is 5.50. The van der Waals surface area contributed by atoms with E-state index in [9.17, 15) is 23.2 Å². The van der Waals surface area contributed by atoms with E-state index in [0.717, 1.165) is 0 Å². The number of benzene rings is 2. The molecule has 3 aromatic rings. The van der Waals surface area contributed by atoms with Crippen molar-refractivity contribution >= 4 is 28.7 Å². The number of Topliss-reactive ketones (excluding diaryl/α,β-unsaturated/α-hetero) is 1. The Kier molecular flexibility index (Phi) is 10.8. The number of ketones is 1. The summed E-state index contributed by atoms with van der Waals surface area (Å²) in [6.45, 7) is 4.48. The number of morpholine rings is 1. The fourth-order valence-electron chi connectivity index (χ4n) is 5.50. The number of carbonyl (C=O) groups excluding carboxylic acids is 3. The number of alkyl halides is 2. The zero-order valence-electron chi connectivity index (χ0n) is 24.8. The molecule has 0 bridgehead atoms. The smallest absolute Gasteiger partial charge is 0.387 e. The summed E-state index contributed by atoms with van der Waals surface area (Å²) >= 11 is 0. The second-order valence-corrected chi connectivity index (χ2v) is 11.6. The average molecular weight is 600 g/mol. The number of carbonyl (C=O) groups is 3. The molecule has 0 saturated carbocycles. The molecule has 232 valence electrons. The number of nitrogens with zero attached hydrogens (tertiary/aromatic N) is 2. The van der Waals surface area contributed by atoms with Gasteiger partial charge in [-0.3, -0.25) is 14.4 Å². The summed E-state index contributed by atoms with van der Waals surface area (Å²) in [5.74, 6) is -1.86. The molecule has 1 aliphatic heterocycles. The van der Waals surface area contributed by atoms with Crippen molar-refractivity contribution in [3.05, 3.63) is 60.0 Å². The molecule has 4 rings (SSSR count). The first-order chi connectivity index (χ1) is 20.6. The zero-order chi connectivity index (χ0) is 31.0. The zero-order valence-corrected chi connectivity index (χ0v) is 24.8. The van der Waals surface area contributed by atoms with Crippen LogP contribution in [0.15, 0.2) is 52.9 Å². The summed E-state index contributed by atoms with van der Waals surface area (Å²) in [5.41, 5.74) is 0.986. The van der Waals surface area contributed by atoms with Crippen molar-refractivity contribution in [1.82, 2.24) is 15.2 Å². The standard InChI is InChI=1S/C32H39F2N3O6/c1-4-9-24(28(39)30-36-23-11-6-8-13-26(23)42-30)35-29(40)22(18-27(38)37-14-16-41-17-15-37)20-32(2,3)19-21-10-5-7-12-25(21)43-31(33)34/h5-8,10-13,22,24,31H,4,9,14-20H2,1-3H3,(H,35,40)/t22-,24-/m1/s1. The first kappa shape index (κ1) is 32.1. The average Bonchev–Trinajstić information content (AvgIpc) is 3.41. The monoisotopic (exact) mass is 599 g/mol. The van der Waals surface area contributed by atoms with Crippen molar-refractivity contribution in [2.24, 2.45) is 11.3 Å². The van der Waals surface area contributed by atoms with Gasteiger partial charge in [0.25, 0.3) is 5.89 Å². The van der Waals surface area contributed by atoms with E-state index in [4.69, 9.17) is 13.9 Å². The topological polar surface area (TPSA) is 111 Å². The molecule has 1 saturated heterocycles. The molecule has 9 nitrogen and oxygen atoms in total. The van der Waals surface area contributed by atoms with Gasteiger partial charge in [-0.05, 0) is 48.4 Å². The van der Waals surface area contributed by atoms with Gasteiger partial charge in [0.1, 0.15) is 11.3 Å². The van der Waals surface area contributed by atoms with Crippen molar-refractivity contribution in [2.45, 2.75) is 65.5 Å². The van der Waals surface area contributed by atoms with Crippen LogP contribution in [0.3, 0.4) is 0 Å². The second-order valence-electron chi connectivity index (χ2n) is 11.6. The second kappa shape index (κ2) is 14.5. The molecular formula is C32H39F2N3O6. The molecule has 1 aromatic heterocycles. The number of oxazole rings is 1. The van der Waals surface area contributed by atoms with Crippen molar-refractivity contribution in [3.8, 4) is 5.75 Å². The fraction of sp³-hybridized carbons (Fsp3) is 0.500. The summed E-state index contributed by atoms with van der Waals surface area (Å²) in [4.78, 5) is 46.6. The van der Waals surface area contributed by atoms with Crippen LogP contribution >= 0.6 is 0 Å². The third-order valence-electron chi connectivity index (χ3n) is 7.53. The molecule has 2 heterocycles. The number of fused-ring (bicyclic) bond motifs is 1. The third-order valence-corrected chi connectivity index (χ3v) is 7.53. The maximum Gasteiger partial charge on any atom is 0.387 e. The molecule has 0 radical (unpaired) electrons. The minimum Gasteiger partial charge on any atom is -0.435 e. The van der Waals surface area contributed by atoms with Crippen LogP contribution in [0.1, 0.15) is 62.7 Å². The van der Waals surface area contributed by atoms with E-state index in [2.05, 4.69) is 10.3 Å². The van der Waals surface area contributed by atoms with Crippen molar-refractivity contribution in [1.29, 1.82) is 0 Å². The van der Waals surface area contributed by atoms with E-state index >= 15 is 0 Å². The lowest BCUT2D eigenvalue weighted by atomic mass is 9.76. The molecular weight excluding hydrogens is 560 g/mol. The third kappa shape index (κ3) is 8.82. The Hall–Kier alpha value is -3.86. The maximum absolute atomic E-state index is 13.9. The van der Waals surface area contributed by atoms with Gasteiger partial charge in [0, 0.05) is 25.4 Å². The van der Waals surface area contributed by atoms with E-state index in [1.165, 1.54) is 6.07 Å². The highest BCUT2D eigenvalue weighted by molar-refractivity contribution is 6.00. The molecule has 2 aromatic carbocycles. The lowest BCUT2D eigenvalue weighted by molar-refractivity contribution is -0.140. The minimum atomic E-state index is -2.97. The van der Waals surface area contributed by atoms with Gasteiger partial charge in [-0.1, -0.05) is 57.5 Å². The SMILES string of the molecule is CCC[C@@H](NC(=O)[C@H](CC(=O)N1CCOCC1)CC(C)(C)Cc1ccccc1OC(F)F)C(=O)c1nc2ccccc2o1. The summed E-state index contributed by atoms with van der Waals surface area (Å²) in [7, 11) is 0. The first-order valence-corrected chi connectivity index (χ1v) is 14.6. The van der Waals surface area contributed by atoms with Gasteiger partial charge in [-0.25, -0.2) is 4.98 Å². The first-order valence-electron chi connectivity index (χ1n) is 14.6. The van der Waals surface area contributed by atoms with Gasteiger partial charge in [0.15, 0.2) is 5.58 Å². The number of rotatable bonds is 14. The predicted octanol–water partition coefficient (Wildman–Crippen LogP) is 5.42. The van der Waals surface area contributed by atoms with Crippen molar-refractivity contribution < 1.29 is 37.1 Å². The van der Waals surface area contributed by atoms with Gasteiger partial charge in [-0.2, -0.15) is 8.78 Å². The highest BCUT2D eigenvalue weighted by Crippen LogP contribution is 2.35. The Labute approximate surface area is 249 Å². The van der Waals surface area contributed by atoms with Crippen molar-refractivity contribution in [2.75, 3.05) is 26.3 Å². The Bertz CT molecular complexity index is 1370. The highest BCUT2D eigenvalue weighted by Gasteiger charge is 2.35.